The molecule has 0 amide bonds. The van der Waals surface area contributed by atoms with Crippen LogP contribution < -0.4 is 0 Å². The quantitative estimate of drug-likeness (QED) is 0.384. The number of hydrogen-bond acceptors (Lipinski definition) is 6. The molecule has 0 saturated carbocycles. The number of thiophene rings is 1. The summed E-state index contributed by atoms with van der Waals surface area (Å²) in [5.74, 6) is 0.491. The summed E-state index contributed by atoms with van der Waals surface area (Å²) in [6.07, 6.45) is 2.43. The molecule has 4 rings (SSSR count). The Labute approximate surface area is 154 Å². The highest BCUT2D eigenvalue weighted by molar-refractivity contribution is 8.00. The Bertz CT molecular complexity index is 935. The van der Waals surface area contributed by atoms with Crippen LogP contribution in [0.25, 0.3) is 10.2 Å². The molecule has 1 aliphatic rings. The highest BCUT2D eigenvalue weighted by Crippen LogP contribution is 2.41. The van der Waals surface area contributed by atoms with Crippen molar-refractivity contribution in [1.82, 2.24) is 9.97 Å². The minimum absolute atomic E-state index is 0.116. The minimum Gasteiger partial charge on any atom is -0.370 e. The summed E-state index contributed by atoms with van der Waals surface area (Å²) in [5.41, 5.74) is 1.84. The van der Waals surface area contributed by atoms with Crippen molar-refractivity contribution >= 4 is 39.1 Å². The highest BCUT2D eigenvalue weighted by atomic mass is 32.2. The monoisotopic (exact) mass is 370 g/mol. The van der Waals surface area contributed by atoms with Gasteiger partial charge in [-0.3, -0.25) is 4.79 Å². The van der Waals surface area contributed by atoms with Crippen LogP contribution in [0.5, 0.6) is 0 Å². The smallest absolute Gasteiger partial charge is 0.173 e. The fraction of sp³-hybridized carbons (Fsp3) is 0.316. The van der Waals surface area contributed by atoms with Crippen molar-refractivity contribution in [3.63, 3.8) is 0 Å². The number of rotatable bonds is 4. The van der Waals surface area contributed by atoms with Gasteiger partial charge in [-0.15, -0.1) is 11.3 Å². The lowest BCUT2D eigenvalue weighted by atomic mass is 9.95. The predicted molar refractivity (Wildman–Crippen MR) is 101 cm³/mol. The number of carbonyl (C=O) groups is 1. The second kappa shape index (κ2) is 6.52. The van der Waals surface area contributed by atoms with Crippen molar-refractivity contribution in [1.29, 1.82) is 0 Å². The van der Waals surface area contributed by atoms with Gasteiger partial charge in [0, 0.05) is 22.2 Å². The summed E-state index contributed by atoms with van der Waals surface area (Å²) < 4.78 is 5.92. The lowest BCUT2D eigenvalue weighted by Crippen LogP contribution is -2.31. The number of ether oxygens (including phenoxy) is 1. The number of nitrogens with zero attached hydrogens (tertiary/aromatic N) is 2. The average Bonchev–Trinajstić information content (AvgIpc) is 2.97. The van der Waals surface area contributed by atoms with Crippen LogP contribution in [-0.4, -0.2) is 27.1 Å². The van der Waals surface area contributed by atoms with Crippen molar-refractivity contribution < 1.29 is 9.53 Å². The van der Waals surface area contributed by atoms with E-state index in [0.717, 1.165) is 27.2 Å². The Morgan fingerprint density at radius 3 is 2.88 bits per heavy atom. The summed E-state index contributed by atoms with van der Waals surface area (Å²) >= 11 is 3.17. The van der Waals surface area contributed by atoms with Crippen LogP contribution in [0.1, 0.15) is 34.6 Å². The number of Topliss-reactive ketones (excluding diaryl/α,β-unsaturated/α-hetero) is 1. The average molecular weight is 370 g/mol. The van der Waals surface area contributed by atoms with Gasteiger partial charge in [0.2, 0.25) is 0 Å². The molecule has 2 aromatic heterocycles. The standard InChI is InChI=1S/C19H18N2O2S2/c1-19(2)8-13-15(9-23-19)25-18-16(13)17(20-11-21-18)24-10-14(22)12-6-4-3-5-7-12/h3-7,11H,8-10H2,1-2H3. The molecule has 0 fully saturated rings. The number of ketones is 1. The molecule has 0 unspecified atom stereocenters. The van der Waals surface area contributed by atoms with Crippen molar-refractivity contribution in [2.24, 2.45) is 0 Å². The molecule has 4 nitrogen and oxygen atoms in total. The number of aromatic nitrogens is 2. The van der Waals surface area contributed by atoms with Crippen LogP contribution in [0, 0.1) is 0 Å². The van der Waals surface area contributed by atoms with Crippen molar-refractivity contribution in [2.75, 3.05) is 5.75 Å². The number of thioether (sulfide) groups is 1. The van der Waals surface area contributed by atoms with Crippen LogP contribution in [0.15, 0.2) is 41.7 Å². The minimum atomic E-state index is -0.182. The number of hydrogen-bond donors (Lipinski definition) is 0. The van der Waals surface area contributed by atoms with E-state index in [1.807, 2.05) is 30.3 Å². The van der Waals surface area contributed by atoms with Gasteiger partial charge in [0.1, 0.15) is 16.2 Å². The molecule has 0 aliphatic carbocycles. The Balaban J connectivity index is 1.64. The van der Waals surface area contributed by atoms with Crippen molar-refractivity contribution in [3.8, 4) is 0 Å². The van der Waals surface area contributed by atoms with Gasteiger partial charge in [0.05, 0.1) is 18.0 Å². The molecule has 0 radical (unpaired) electrons. The topological polar surface area (TPSA) is 52.1 Å². The third-order valence-corrected chi connectivity index (χ3v) is 6.37. The maximum atomic E-state index is 12.4. The van der Waals surface area contributed by atoms with E-state index in [1.54, 1.807) is 17.7 Å². The number of benzene rings is 1. The Hall–Kier alpha value is -1.76. The van der Waals surface area contributed by atoms with Crippen molar-refractivity contribution in [2.45, 2.75) is 37.5 Å². The molecule has 0 saturated heterocycles. The van der Waals surface area contributed by atoms with Gasteiger partial charge >= 0.3 is 0 Å². The summed E-state index contributed by atoms with van der Waals surface area (Å²) in [5, 5.41) is 1.99. The first kappa shape index (κ1) is 16.7. The van der Waals surface area contributed by atoms with E-state index < -0.39 is 0 Å². The first-order chi connectivity index (χ1) is 12.0. The molecule has 0 N–H and O–H groups in total. The Morgan fingerprint density at radius 2 is 2.08 bits per heavy atom. The SMILES string of the molecule is CC1(C)Cc2c(sc3ncnc(SCC(=O)c4ccccc4)c23)CO1. The largest absolute Gasteiger partial charge is 0.370 e. The second-order valence-electron chi connectivity index (χ2n) is 6.67. The molecule has 3 aromatic rings. The zero-order valence-electron chi connectivity index (χ0n) is 14.1. The van der Waals surface area contributed by atoms with E-state index in [9.17, 15) is 4.79 Å². The zero-order chi connectivity index (χ0) is 17.4. The maximum Gasteiger partial charge on any atom is 0.173 e. The lowest BCUT2D eigenvalue weighted by molar-refractivity contribution is -0.0379. The molecular formula is C19H18N2O2S2. The fourth-order valence-electron chi connectivity index (χ4n) is 3.00. The van der Waals surface area contributed by atoms with E-state index in [4.69, 9.17) is 4.74 Å². The molecule has 0 spiro atoms. The van der Waals surface area contributed by atoms with E-state index in [0.29, 0.717) is 12.4 Å². The summed E-state index contributed by atoms with van der Waals surface area (Å²) in [6, 6.07) is 9.39. The van der Waals surface area contributed by atoms with Gasteiger partial charge < -0.3 is 4.74 Å². The molecular weight excluding hydrogens is 352 g/mol. The van der Waals surface area contributed by atoms with E-state index in [2.05, 4.69) is 23.8 Å². The molecule has 0 bridgehead atoms. The van der Waals surface area contributed by atoms with Gasteiger partial charge in [-0.2, -0.15) is 0 Å². The van der Waals surface area contributed by atoms with Gasteiger partial charge in [0.25, 0.3) is 0 Å². The molecule has 6 heteroatoms. The van der Waals surface area contributed by atoms with Gasteiger partial charge in [-0.1, -0.05) is 42.1 Å². The van der Waals surface area contributed by atoms with Crippen LogP contribution in [0.4, 0.5) is 0 Å². The number of carbonyl (C=O) groups excluding carboxylic acids is 1. The van der Waals surface area contributed by atoms with Gasteiger partial charge in [-0.25, -0.2) is 9.97 Å². The van der Waals surface area contributed by atoms with Gasteiger partial charge in [-0.05, 0) is 19.4 Å². The van der Waals surface area contributed by atoms with Crippen LogP contribution in [-0.2, 0) is 17.8 Å². The molecule has 25 heavy (non-hydrogen) atoms. The highest BCUT2D eigenvalue weighted by Gasteiger charge is 2.30. The maximum absolute atomic E-state index is 12.4. The molecule has 128 valence electrons. The number of fused-ring (bicyclic) bond motifs is 3. The van der Waals surface area contributed by atoms with Crippen LogP contribution >= 0.6 is 23.1 Å². The molecule has 3 heterocycles. The second-order valence-corrected chi connectivity index (χ2v) is 8.71. The van der Waals surface area contributed by atoms with Crippen molar-refractivity contribution in [3.05, 3.63) is 52.7 Å². The fourth-order valence-corrected chi connectivity index (χ4v) is 5.05. The normalized spacial score (nSPS) is 15.9. The molecule has 1 aliphatic heterocycles. The first-order valence-electron chi connectivity index (χ1n) is 8.14. The summed E-state index contributed by atoms with van der Waals surface area (Å²) in [4.78, 5) is 23.5. The van der Waals surface area contributed by atoms with E-state index in [-0.39, 0.29) is 11.4 Å². The van der Waals surface area contributed by atoms with E-state index >= 15 is 0 Å². The third kappa shape index (κ3) is 3.34. The van der Waals surface area contributed by atoms with Crippen LogP contribution in [0.2, 0.25) is 0 Å². The van der Waals surface area contributed by atoms with E-state index in [1.165, 1.54) is 22.2 Å². The molecule has 0 atom stereocenters. The van der Waals surface area contributed by atoms with Crippen LogP contribution in [0.3, 0.4) is 0 Å². The zero-order valence-corrected chi connectivity index (χ0v) is 15.7. The van der Waals surface area contributed by atoms with Gasteiger partial charge in [0.15, 0.2) is 5.78 Å². The predicted octanol–water partition coefficient (Wildman–Crippen LogP) is 4.52. The molecule has 1 aromatic carbocycles. The Morgan fingerprint density at radius 1 is 1.28 bits per heavy atom. The lowest BCUT2D eigenvalue weighted by Gasteiger charge is -2.30. The summed E-state index contributed by atoms with van der Waals surface area (Å²) in [7, 11) is 0. The third-order valence-electron chi connectivity index (χ3n) is 4.27. The Kier molecular flexibility index (Phi) is 4.35. The first-order valence-corrected chi connectivity index (χ1v) is 9.94. The summed E-state index contributed by atoms with van der Waals surface area (Å²) in [6.45, 7) is 4.83.